The summed E-state index contributed by atoms with van der Waals surface area (Å²) in [6.07, 6.45) is 3.90. The third kappa shape index (κ3) is 3.82. The van der Waals surface area contributed by atoms with Crippen molar-refractivity contribution >= 4 is 17.3 Å². The second-order valence-corrected chi connectivity index (χ2v) is 5.31. The Labute approximate surface area is 126 Å². The SMILES string of the molecule is C=CCc1ccc(OCc2ncc(C(=O)O)s2)c(OC)c1. The van der Waals surface area contributed by atoms with Gasteiger partial charge in [0.05, 0.1) is 13.3 Å². The monoisotopic (exact) mass is 305 g/mol. The molecule has 0 amide bonds. The highest BCUT2D eigenvalue weighted by Crippen LogP contribution is 2.29. The number of aromatic nitrogens is 1. The van der Waals surface area contributed by atoms with Crippen LogP contribution in [0.1, 0.15) is 20.2 Å². The molecule has 0 unspecified atom stereocenters. The molecule has 0 atom stereocenters. The average molecular weight is 305 g/mol. The van der Waals surface area contributed by atoms with Crippen LogP contribution in [0, 0.1) is 0 Å². The van der Waals surface area contributed by atoms with E-state index in [1.807, 2.05) is 24.3 Å². The van der Waals surface area contributed by atoms with Crippen LogP contribution in [-0.2, 0) is 13.0 Å². The average Bonchev–Trinajstić information content (AvgIpc) is 2.95. The van der Waals surface area contributed by atoms with Crippen LogP contribution >= 0.6 is 11.3 Å². The summed E-state index contributed by atoms with van der Waals surface area (Å²) >= 11 is 1.10. The van der Waals surface area contributed by atoms with Gasteiger partial charge in [-0.1, -0.05) is 12.1 Å². The summed E-state index contributed by atoms with van der Waals surface area (Å²) in [4.78, 5) is 15.0. The lowest BCUT2D eigenvalue weighted by Crippen LogP contribution is -1.98. The molecule has 2 aromatic rings. The summed E-state index contributed by atoms with van der Waals surface area (Å²) in [7, 11) is 1.58. The normalized spacial score (nSPS) is 10.1. The summed E-state index contributed by atoms with van der Waals surface area (Å²) in [5.41, 5.74) is 1.08. The summed E-state index contributed by atoms with van der Waals surface area (Å²) in [5, 5.41) is 9.45. The van der Waals surface area contributed by atoms with E-state index in [2.05, 4.69) is 11.6 Å². The molecule has 5 nitrogen and oxygen atoms in total. The molecule has 2 rings (SSSR count). The molecular formula is C15H15NO4S. The van der Waals surface area contributed by atoms with E-state index in [9.17, 15) is 4.79 Å². The highest BCUT2D eigenvalue weighted by Gasteiger charge is 2.10. The molecule has 0 saturated heterocycles. The Morgan fingerprint density at radius 1 is 1.48 bits per heavy atom. The topological polar surface area (TPSA) is 68.7 Å². The van der Waals surface area contributed by atoms with Crippen molar-refractivity contribution in [3.05, 3.63) is 52.5 Å². The summed E-state index contributed by atoms with van der Waals surface area (Å²) < 4.78 is 10.9. The molecule has 110 valence electrons. The van der Waals surface area contributed by atoms with Crippen molar-refractivity contribution in [2.24, 2.45) is 0 Å². The Bertz CT molecular complexity index is 651. The maximum atomic E-state index is 10.8. The molecule has 6 heteroatoms. The van der Waals surface area contributed by atoms with Crippen molar-refractivity contribution in [2.45, 2.75) is 13.0 Å². The quantitative estimate of drug-likeness (QED) is 0.796. The predicted molar refractivity (Wildman–Crippen MR) is 80.3 cm³/mol. The minimum absolute atomic E-state index is 0.196. The van der Waals surface area contributed by atoms with Gasteiger partial charge in [-0.05, 0) is 24.1 Å². The summed E-state index contributed by atoms with van der Waals surface area (Å²) in [5.74, 6) is 0.242. The molecule has 21 heavy (non-hydrogen) atoms. The van der Waals surface area contributed by atoms with E-state index in [1.54, 1.807) is 7.11 Å². The van der Waals surface area contributed by atoms with Gasteiger partial charge in [0, 0.05) is 0 Å². The Balaban J connectivity index is 2.07. The maximum Gasteiger partial charge on any atom is 0.347 e. The van der Waals surface area contributed by atoms with E-state index in [0.29, 0.717) is 16.5 Å². The van der Waals surface area contributed by atoms with Gasteiger partial charge in [-0.3, -0.25) is 0 Å². The molecule has 0 saturated carbocycles. The minimum atomic E-state index is -0.981. The number of carboxylic acid groups (broad SMARTS) is 1. The van der Waals surface area contributed by atoms with Crippen LogP contribution in [0.25, 0.3) is 0 Å². The fourth-order valence-corrected chi connectivity index (χ4v) is 2.41. The van der Waals surface area contributed by atoms with E-state index >= 15 is 0 Å². The molecule has 0 spiro atoms. The lowest BCUT2D eigenvalue weighted by Gasteiger charge is -2.10. The zero-order chi connectivity index (χ0) is 15.2. The first-order valence-electron chi connectivity index (χ1n) is 6.22. The van der Waals surface area contributed by atoms with Gasteiger partial charge in [0.15, 0.2) is 11.5 Å². The standard InChI is InChI=1S/C15H15NO4S/c1-3-4-10-5-6-11(12(7-10)19-2)20-9-14-16-8-13(21-14)15(17)18/h3,5-8H,1,4,9H2,2H3,(H,17,18). The fraction of sp³-hybridized carbons (Fsp3) is 0.200. The first-order valence-corrected chi connectivity index (χ1v) is 7.04. The van der Waals surface area contributed by atoms with E-state index in [-0.39, 0.29) is 11.5 Å². The van der Waals surface area contributed by atoms with E-state index in [4.69, 9.17) is 14.6 Å². The van der Waals surface area contributed by atoms with Crippen LogP contribution in [0.4, 0.5) is 0 Å². The van der Waals surface area contributed by atoms with Gasteiger partial charge in [0.1, 0.15) is 16.5 Å². The fourth-order valence-electron chi connectivity index (χ4n) is 1.74. The van der Waals surface area contributed by atoms with Crippen molar-refractivity contribution in [1.82, 2.24) is 4.98 Å². The number of ether oxygens (including phenoxy) is 2. The minimum Gasteiger partial charge on any atom is -0.493 e. The highest BCUT2D eigenvalue weighted by atomic mass is 32.1. The number of carboxylic acids is 1. The van der Waals surface area contributed by atoms with Crippen LogP contribution in [0.2, 0.25) is 0 Å². The third-order valence-corrected chi connectivity index (χ3v) is 3.68. The molecule has 0 radical (unpaired) electrons. The number of benzene rings is 1. The van der Waals surface area contributed by atoms with Gasteiger partial charge in [-0.2, -0.15) is 0 Å². The number of hydrogen-bond acceptors (Lipinski definition) is 5. The van der Waals surface area contributed by atoms with Crippen molar-refractivity contribution < 1.29 is 19.4 Å². The smallest absolute Gasteiger partial charge is 0.347 e. The van der Waals surface area contributed by atoms with Gasteiger partial charge >= 0.3 is 5.97 Å². The van der Waals surface area contributed by atoms with Gasteiger partial charge < -0.3 is 14.6 Å². The molecule has 1 N–H and O–H groups in total. The van der Waals surface area contributed by atoms with Crippen LogP contribution < -0.4 is 9.47 Å². The Morgan fingerprint density at radius 3 is 2.90 bits per heavy atom. The van der Waals surface area contributed by atoms with Gasteiger partial charge in [-0.15, -0.1) is 17.9 Å². The number of thiazole rings is 1. The van der Waals surface area contributed by atoms with Crippen LogP contribution in [-0.4, -0.2) is 23.2 Å². The van der Waals surface area contributed by atoms with Crippen LogP contribution in [0.3, 0.4) is 0 Å². The lowest BCUT2D eigenvalue weighted by molar-refractivity contribution is 0.0702. The zero-order valence-corrected chi connectivity index (χ0v) is 12.4. The number of aromatic carboxylic acids is 1. The molecule has 0 aliphatic carbocycles. The molecule has 1 aromatic heterocycles. The van der Waals surface area contributed by atoms with Crippen molar-refractivity contribution in [1.29, 1.82) is 0 Å². The first-order chi connectivity index (χ1) is 10.1. The largest absolute Gasteiger partial charge is 0.493 e. The number of rotatable bonds is 7. The van der Waals surface area contributed by atoms with E-state index in [0.717, 1.165) is 23.3 Å². The van der Waals surface area contributed by atoms with Crippen LogP contribution in [0.5, 0.6) is 11.5 Å². The number of methoxy groups -OCH3 is 1. The van der Waals surface area contributed by atoms with Gasteiger partial charge in [0.25, 0.3) is 0 Å². The van der Waals surface area contributed by atoms with E-state index in [1.165, 1.54) is 6.20 Å². The van der Waals surface area contributed by atoms with Crippen LogP contribution in [0.15, 0.2) is 37.1 Å². The van der Waals surface area contributed by atoms with Crippen molar-refractivity contribution in [3.63, 3.8) is 0 Å². The van der Waals surface area contributed by atoms with Crippen molar-refractivity contribution in [3.8, 4) is 11.5 Å². The second kappa shape index (κ2) is 6.90. The van der Waals surface area contributed by atoms with Gasteiger partial charge in [0.2, 0.25) is 0 Å². The first kappa shape index (κ1) is 15.1. The molecule has 0 bridgehead atoms. The molecule has 0 fully saturated rings. The summed E-state index contributed by atoms with van der Waals surface area (Å²) in [6.45, 7) is 3.90. The zero-order valence-electron chi connectivity index (χ0n) is 11.5. The predicted octanol–water partition coefficient (Wildman–Crippen LogP) is 3.16. The number of allylic oxidation sites excluding steroid dienone is 1. The third-order valence-electron chi connectivity index (χ3n) is 2.72. The van der Waals surface area contributed by atoms with Crippen molar-refractivity contribution in [2.75, 3.05) is 7.11 Å². The van der Waals surface area contributed by atoms with Gasteiger partial charge in [-0.25, -0.2) is 9.78 Å². The maximum absolute atomic E-state index is 10.8. The second-order valence-electron chi connectivity index (χ2n) is 4.19. The lowest BCUT2D eigenvalue weighted by atomic mass is 10.1. The number of carbonyl (C=O) groups is 1. The Morgan fingerprint density at radius 2 is 2.29 bits per heavy atom. The summed E-state index contributed by atoms with van der Waals surface area (Å²) in [6, 6.07) is 5.65. The molecular weight excluding hydrogens is 290 g/mol. The number of hydrogen-bond donors (Lipinski definition) is 1. The molecule has 0 aliphatic heterocycles. The Kier molecular flexibility index (Phi) is 4.94. The molecule has 1 heterocycles. The Hall–Kier alpha value is -2.34. The molecule has 0 aliphatic rings. The van der Waals surface area contributed by atoms with E-state index < -0.39 is 5.97 Å². The molecule has 1 aromatic carbocycles. The number of nitrogens with zero attached hydrogens (tertiary/aromatic N) is 1. The highest BCUT2D eigenvalue weighted by molar-refractivity contribution is 7.13.